The highest BCUT2D eigenvalue weighted by atomic mass is 79.9. The van der Waals surface area contributed by atoms with Gasteiger partial charge in [0.2, 0.25) is 0 Å². The van der Waals surface area contributed by atoms with Gasteiger partial charge in [-0.1, -0.05) is 12.1 Å². The second kappa shape index (κ2) is 3.00. The summed E-state index contributed by atoms with van der Waals surface area (Å²) >= 11 is 3.48. The predicted octanol–water partition coefficient (Wildman–Crippen LogP) is 3.05. The zero-order chi connectivity index (χ0) is 9.42. The highest BCUT2D eigenvalue weighted by molar-refractivity contribution is 9.10. The lowest BCUT2D eigenvalue weighted by Crippen LogP contribution is -1.79. The molecule has 2 nitrogen and oxygen atoms in total. The highest BCUT2D eigenvalue weighted by Gasteiger charge is 2.06. The van der Waals surface area contributed by atoms with Gasteiger partial charge in [0.15, 0.2) is 6.29 Å². The van der Waals surface area contributed by atoms with Crippen molar-refractivity contribution in [3.05, 3.63) is 33.9 Å². The summed E-state index contributed by atoms with van der Waals surface area (Å²) in [5.74, 6) is 0. The molecule has 13 heavy (non-hydrogen) atoms. The highest BCUT2D eigenvalue weighted by Crippen LogP contribution is 2.27. The molecular formula is C10H8BrNO. The normalized spacial score (nSPS) is 10.6. The lowest BCUT2D eigenvalue weighted by Gasteiger charge is -1.98. The minimum absolute atomic E-state index is 0.704. The van der Waals surface area contributed by atoms with E-state index in [1.54, 1.807) is 6.20 Å². The van der Waals surface area contributed by atoms with Crippen molar-refractivity contribution >= 4 is 33.1 Å². The third-order valence-electron chi connectivity index (χ3n) is 2.15. The van der Waals surface area contributed by atoms with E-state index >= 15 is 0 Å². The molecule has 3 heteroatoms. The zero-order valence-electron chi connectivity index (χ0n) is 7.10. The number of hydrogen-bond donors (Lipinski definition) is 1. The first-order valence-corrected chi connectivity index (χ1v) is 4.74. The average Bonchev–Trinajstić information content (AvgIpc) is 2.55. The molecule has 1 heterocycles. The molecule has 0 bridgehead atoms. The summed E-state index contributed by atoms with van der Waals surface area (Å²) in [6.07, 6.45) is 2.59. The topological polar surface area (TPSA) is 32.9 Å². The van der Waals surface area contributed by atoms with Crippen molar-refractivity contribution in [3.8, 4) is 0 Å². The van der Waals surface area contributed by atoms with Crippen molar-refractivity contribution in [1.82, 2.24) is 4.98 Å². The number of aromatic amines is 1. The number of H-pyrrole nitrogens is 1. The van der Waals surface area contributed by atoms with Gasteiger partial charge in [0.25, 0.3) is 0 Å². The van der Waals surface area contributed by atoms with Gasteiger partial charge in [-0.25, -0.2) is 0 Å². The third kappa shape index (κ3) is 1.20. The Hall–Kier alpha value is -1.09. The second-order valence-electron chi connectivity index (χ2n) is 2.98. The maximum atomic E-state index is 10.6. The fraction of sp³-hybridized carbons (Fsp3) is 0.100. The lowest BCUT2D eigenvalue weighted by atomic mass is 10.1. The molecule has 0 atom stereocenters. The van der Waals surface area contributed by atoms with Crippen molar-refractivity contribution in [1.29, 1.82) is 0 Å². The van der Waals surface area contributed by atoms with Crippen LogP contribution in [0.4, 0.5) is 0 Å². The number of nitrogens with one attached hydrogen (secondary N) is 1. The minimum atomic E-state index is 0.704. The number of fused-ring (bicyclic) bond motifs is 1. The minimum Gasteiger partial charge on any atom is -0.360 e. The van der Waals surface area contributed by atoms with Crippen molar-refractivity contribution in [2.45, 2.75) is 6.92 Å². The molecule has 0 aliphatic rings. The van der Waals surface area contributed by atoms with Crippen LogP contribution in [0.5, 0.6) is 0 Å². The molecular weight excluding hydrogens is 230 g/mol. The van der Waals surface area contributed by atoms with Gasteiger partial charge in [-0.3, -0.25) is 4.79 Å². The van der Waals surface area contributed by atoms with Crippen LogP contribution in [0, 0.1) is 6.92 Å². The predicted molar refractivity (Wildman–Crippen MR) is 56.1 cm³/mol. The first-order valence-electron chi connectivity index (χ1n) is 3.95. The summed E-state index contributed by atoms with van der Waals surface area (Å²) < 4.78 is 1.03. The molecule has 0 aliphatic heterocycles. The zero-order valence-corrected chi connectivity index (χ0v) is 8.68. The van der Waals surface area contributed by atoms with E-state index in [1.165, 1.54) is 0 Å². The van der Waals surface area contributed by atoms with E-state index in [9.17, 15) is 4.79 Å². The van der Waals surface area contributed by atoms with Gasteiger partial charge in [-0.05, 0) is 28.4 Å². The monoisotopic (exact) mass is 237 g/mol. The first-order chi connectivity index (χ1) is 6.24. The Bertz CT molecular complexity index is 473. The summed E-state index contributed by atoms with van der Waals surface area (Å²) in [4.78, 5) is 13.7. The molecule has 0 amide bonds. The molecule has 1 aromatic heterocycles. The van der Waals surface area contributed by atoms with Crippen LogP contribution in [0.25, 0.3) is 10.9 Å². The molecule has 1 aromatic carbocycles. The summed E-state index contributed by atoms with van der Waals surface area (Å²) in [5.41, 5.74) is 2.85. The fourth-order valence-electron chi connectivity index (χ4n) is 1.39. The molecule has 0 unspecified atom stereocenters. The number of aromatic nitrogens is 1. The number of carbonyl (C=O) groups is 1. The van der Waals surface area contributed by atoms with E-state index in [1.807, 2.05) is 19.1 Å². The molecule has 1 N–H and O–H groups in total. The Morgan fingerprint density at radius 1 is 1.46 bits per heavy atom. The van der Waals surface area contributed by atoms with Gasteiger partial charge in [0.05, 0.1) is 5.52 Å². The van der Waals surface area contributed by atoms with Crippen molar-refractivity contribution in [2.24, 2.45) is 0 Å². The number of rotatable bonds is 1. The standard InChI is InChI=1S/C10H8BrNO/c1-6-2-3-8-7(5-13)4-12-10(8)9(6)11/h2-5,12H,1H3. The Morgan fingerprint density at radius 2 is 2.23 bits per heavy atom. The third-order valence-corrected chi connectivity index (χ3v) is 3.17. The van der Waals surface area contributed by atoms with Gasteiger partial charge >= 0.3 is 0 Å². The van der Waals surface area contributed by atoms with Crippen molar-refractivity contribution in [3.63, 3.8) is 0 Å². The summed E-state index contributed by atoms with van der Waals surface area (Å²) in [6, 6.07) is 3.95. The summed E-state index contributed by atoms with van der Waals surface area (Å²) in [7, 11) is 0. The van der Waals surface area contributed by atoms with E-state index in [0.29, 0.717) is 5.56 Å². The number of aryl methyl sites for hydroxylation is 1. The first kappa shape index (κ1) is 8.51. The van der Waals surface area contributed by atoms with Gasteiger partial charge < -0.3 is 4.98 Å². The maximum absolute atomic E-state index is 10.6. The van der Waals surface area contributed by atoms with Gasteiger partial charge in [0.1, 0.15) is 0 Å². The number of hydrogen-bond acceptors (Lipinski definition) is 1. The Kier molecular flexibility index (Phi) is 1.96. The van der Waals surface area contributed by atoms with Crippen molar-refractivity contribution in [2.75, 3.05) is 0 Å². The van der Waals surface area contributed by atoms with Gasteiger partial charge in [-0.15, -0.1) is 0 Å². The van der Waals surface area contributed by atoms with Crippen molar-refractivity contribution < 1.29 is 4.79 Å². The van der Waals surface area contributed by atoms with E-state index in [2.05, 4.69) is 20.9 Å². The van der Waals surface area contributed by atoms with E-state index in [-0.39, 0.29) is 0 Å². The number of benzene rings is 1. The molecule has 0 saturated carbocycles. The van der Waals surface area contributed by atoms with Crippen LogP contribution < -0.4 is 0 Å². The molecule has 0 aliphatic carbocycles. The van der Waals surface area contributed by atoms with E-state index in [0.717, 1.165) is 27.2 Å². The van der Waals surface area contributed by atoms with E-state index < -0.39 is 0 Å². The smallest absolute Gasteiger partial charge is 0.152 e. The van der Waals surface area contributed by atoms with E-state index in [4.69, 9.17) is 0 Å². The van der Waals surface area contributed by atoms with Crippen LogP contribution in [0.1, 0.15) is 15.9 Å². The maximum Gasteiger partial charge on any atom is 0.152 e. The molecule has 0 spiro atoms. The molecule has 0 fully saturated rings. The Balaban J connectivity index is 2.88. The van der Waals surface area contributed by atoms with Crippen LogP contribution in [0.15, 0.2) is 22.8 Å². The number of aldehydes is 1. The fourth-order valence-corrected chi connectivity index (χ4v) is 1.85. The van der Waals surface area contributed by atoms with Crippen LogP contribution in [0.2, 0.25) is 0 Å². The Morgan fingerprint density at radius 3 is 2.92 bits per heavy atom. The number of carbonyl (C=O) groups excluding carboxylic acids is 1. The molecule has 2 aromatic rings. The summed E-state index contributed by atoms with van der Waals surface area (Å²) in [5, 5.41) is 0.965. The van der Waals surface area contributed by atoms with Crippen LogP contribution >= 0.6 is 15.9 Å². The molecule has 0 saturated heterocycles. The SMILES string of the molecule is Cc1ccc2c(C=O)c[nH]c2c1Br. The quantitative estimate of drug-likeness (QED) is 0.761. The van der Waals surface area contributed by atoms with Crippen LogP contribution in [0.3, 0.4) is 0 Å². The molecule has 0 radical (unpaired) electrons. The van der Waals surface area contributed by atoms with Gasteiger partial charge in [-0.2, -0.15) is 0 Å². The Labute approximate surface area is 84.1 Å². The average molecular weight is 238 g/mol. The van der Waals surface area contributed by atoms with Gasteiger partial charge in [0, 0.05) is 21.6 Å². The summed E-state index contributed by atoms with van der Waals surface area (Å²) in [6.45, 7) is 2.02. The number of halogens is 1. The molecule has 2 rings (SSSR count). The second-order valence-corrected chi connectivity index (χ2v) is 3.77. The largest absolute Gasteiger partial charge is 0.360 e. The molecule has 66 valence electrons. The van der Waals surface area contributed by atoms with Crippen LogP contribution in [-0.4, -0.2) is 11.3 Å². The lowest BCUT2D eigenvalue weighted by molar-refractivity contribution is 0.112. The van der Waals surface area contributed by atoms with Crippen LogP contribution in [-0.2, 0) is 0 Å².